The van der Waals surface area contributed by atoms with E-state index in [2.05, 4.69) is 27.8 Å². The second-order valence-electron chi connectivity index (χ2n) is 6.20. The van der Waals surface area contributed by atoms with Crippen LogP contribution in [0, 0.1) is 18.3 Å². The van der Waals surface area contributed by atoms with Crippen LogP contribution in [0.2, 0.25) is 5.02 Å². The zero-order valence-corrected chi connectivity index (χ0v) is 18.4. The molecule has 0 aromatic heterocycles. The number of benzene rings is 2. The Labute approximate surface area is 187 Å². The Morgan fingerprint density at radius 1 is 1.40 bits per heavy atom. The fourth-order valence-electron chi connectivity index (χ4n) is 2.61. The van der Waals surface area contributed by atoms with Gasteiger partial charge in [0.1, 0.15) is 17.4 Å². The summed E-state index contributed by atoms with van der Waals surface area (Å²) in [5, 5.41) is 21.5. The van der Waals surface area contributed by atoms with Gasteiger partial charge in [0.05, 0.1) is 4.47 Å². The first-order valence-corrected chi connectivity index (χ1v) is 9.90. The number of hydrogen-bond acceptors (Lipinski definition) is 4. The Morgan fingerprint density at radius 3 is 2.77 bits per heavy atom. The lowest BCUT2D eigenvalue weighted by Crippen LogP contribution is -2.14. The minimum absolute atomic E-state index is 0.106. The lowest BCUT2D eigenvalue weighted by molar-refractivity contribution is -0.139. The van der Waals surface area contributed by atoms with Crippen LogP contribution in [0.3, 0.4) is 0 Å². The lowest BCUT2D eigenvalue weighted by atomic mass is 10.0. The monoisotopic (exact) mass is 488 g/mol. The van der Waals surface area contributed by atoms with Crippen LogP contribution >= 0.6 is 27.5 Å². The number of nitriles is 1. The summed E-state index contributed by atoms with van der Waals surface area (Å²) in [6, 6.07) is 10.4. The number of halogens is 2. The van der Waals surface area contributed by atoms with Gasteiger partial charge in [0.25, 0.3) is 5.91 Å². The van der Waals surface area contributed by atoms with Gasteiger partial charge in [-0.15, -0.1) is 6.58 Å². The number of allylic oxidation sites excluding steroid dienone is 1. The van der Waals surface area contributed by atoms with Gasteiger partial charge in [-0.3, -0.25) is 4.79 Å². The van der Waals surface area contributed by atoms with Crippen molar-refractivity contribution in [3.8, 4) is 11.8 Å². The predicted octanol–water partition coefficient (Wildman–Crippen LogP) is 5.15. The zero-order chi connectivity index (χ0) is 22.3. The van der Waals surface area contributed by atoms with Crippen molar-refractivity contribution in [1.29, 1.82) is 5.26 Å². The average molecular weight is 490 g/mol. The van der Waals surface area contributed by atoms with E-state index in [1.165, 1.54) is 6.08 Å². The summed E-state index contributed by atoms with van der Waals surface area (Å²) in [4.78, 5) is 23.4. The first-order valence-electron chi connectivity index (χ1n) is 8.73. The van der Waals surface area contributed by atoms with Crippen LogP contribution in [0.5, 0.6) is 5.75 Å². The van der Waals surface area contributed by atoms with Gasteiger partial charge in [-0.2, -0.15) is 5.26 Å². The van der Waals surface area contributed by atoms with Crippen LogP contribution < -0.4 is 10.1 Å². The Balaban J connectivity index is 2.37. The fourth-order valence-corrected chi connectivity index (χ4v) is 3.42. The van der Waals surface area contributed by atoms with Crippen LogP contribution in [0.1, 0.15) is 16.7 Å². The second kappa shape index (κ2) is 10.6. The molecule has 0 radical (unpaired) electrons. The van der Waals surface area contributed by atoms with Crippen molar-refractivity contribution in [3.63, 3.8) is 0 Å². The van der Waals surface area contributed by atoms with Crippen molar-refractivity contribution in [2.24, 2.45) is 0 Å². The molecule has 30 heavy (non-hydrogen) atoms. The van der Waals surface area contributed by atoms with Gasteiger partial charge in [0.15, 0.2) is 6.61 Å². The van der Waals surface area contributed by atoms with E-state index in [-0.39, 0.29) is 5.57 Å². The van der Waals surface area contributed by atoms with E-state index in [0.717, 1.165) is 0 Å². The zero-order valence-electron chi connectivity index (χ0n) is 16.0. The Bertz CT molecular complexity index is 1070. The minimum atomic E-state index is -1.10. The second-order valence-corrected chi connectivity index (χ2v) is 7.46. The third kappa shape index (κ3) is 5.96. The van der Waals surface area contributed by atoms with Crippen LogP contribution in [0.15, 0.2) is 53.0 Å². The molecule has 0 aliphatic heterocycles. The van der Waals surface area contributed by atoms with Gasteiger partial charge >= 0.3 is 5.97 Å². The smallest absolute Gasteiger partial charge is 0.341 e. The minimum Gasteiger partial charge on any atom is -0.480 e. The Morgan fingerprint density at radius 2 is 2.13 bits per heavy atom. The van der Waals surface area contributed by atoms with Gasteiger partial charge in [0.2, 0.25) is 0 Å². The molecule has 154 valence electrons. The highest BCUT2D eigenvalue weighted by Gasteiger charge is 2.15. The van der Waals surface area contributed by atoms with E-state index in [4.69, 9.17) is 21.4 Å². The topological polar surface area (TPSA) is 99.4 Å². The van der Waals surface area contributed by atoms with Crippen molar-refractivity contribution in [3.05, 3.63) is 74.7 Å². The molecule has 0 unspecified atom stereocenters. The quantitative estimate of drug-likeness (QED) is 0.303. The first-order chi connectivity index (χ1) is 14.3. The summed E-state index contributed by atoms with van der Waals surface area (Å²) in [6.45, 7) is 4.96. The van der Waals surface area contributed by atoms with E-state index >= 15 is 0 Å². The van der Waals surface area contributed by atoms with Gasteiger partial charge < -0.3 is 15.2 Å². The summed E-state index contributed by atoms with van der Waals surface area (Å²) < 4.78 is 5.85. The molecule has 0 heterocycles. The standard InChI is InChI=1S/C22H18BrClN2O4/c1-3-5-15-8-14(10-17(23)21(15)30-12-20(27)28)9-16(11-25)22(29)26-19-7-4-6-18(24)13(19)2/h3-4,6-10H,1,5,12H2,2H3,(H,26,29)(H,27,28)/b16-9-. The maximum Gasteiger partial charge on any atom is 0.341 e. The fraction of sp³-hybridized carbons (Fsp3) is 0.136. The van der Waals surface area contributed by atoms with E-state index in [1.54, 1.807) is 43.3 Å². The molecule has 0 bridgehead atoms. The third-order valence-corrected chi connectivity index (χ3v) is 5.04. The van der Waals surface area contributed by atoms with Crippen molar-refractivity contribution in [2.75, 3.05) is 11.9 Å². The molecule has 0 fully saturated rings. The number of hydrogen-bond donors (Lipinski definition) is 2. The summed E-state index contributed by atoms with van der Waals surface area (Å²) >= 11 is 9.43. The number of nitrogens with one attached hydrogen (secondary N) is 1. The number of ether oxygens (including phenoxy) is 1. The predicted molar refractivity (Wildman–Crippen MR) is 120 cm³/mol. The molecule has 0 saturated carbocycles. The third-order valence-electron chi connectivity index (χ3n) is 4.04. The molecule has 2 aromatic rings. The molecule has 0 spiro atoms. The average Bonchev–Trinajstić information content (AvgIpc) is 2.69. The number of carbonyl (C=O) groups excluding carboxylic acids is 1. The highest BCUT2D eigenvalue weighted by Crippen LogP contribution is 2.32. The highest BCUT2D eigenvalue weighted by atomic mass is 79.9. The lowest BCUT2D eigenvalue weighted by Gasteiger charge is -2.13. The van der Waals surface area contributed by atoms with Gasteiger partial charge in [-0.25, -0.2) is 4.79 Å². The van der Waals surface area contributed by atoms with E-state index in [9.17, 15) is 14.9 Å². The van der Waals surface area contributed by atoms with Gasteiger partial charge in [-0.1, -0.05) is 23.7 Å². The molecule has 8 heteroatoms. The van der Waals surface area contributed by atoms with Crippen molar-refractivity contribution < 1.29 is 19.4 Å². The normalized spacial score (nSPS) is 10.8. The largest absolute Gasteiger partial charge is 0.480 e. The number of amides is 1. The number of carboxylic acid groups (broad SMARTS) is 1. The maximum atomic E-state index is 12.6. The van der Waals surface area contributed by atoms with E-state index in [1.807, 2.05) is 6.07 Å². The van der Waals surface area contributed by atoms with Crippen LogP contribution in [0.4, 0.5) is 5.69 Å². The van der Waals surface area contributed by atoms with Crippen molar-refractivity contribution >= 4 is 51.2 Å². The molecule has 0 saturated heterocycles. The number of carbonyl (C=O) groups is 2. The number of aliphatic carboxylic acids is 1. The molecular formula is C22H18BrClN2O4. The Hall–Kier alpha value is -3.08. The Kier molecular flexibility index (Phi) is 8.22. The SMILES string of the molecule is C=CCc1cc(/C=C(/C#N)C(=O)Nc2cccc(Cl)c2C)cc(Br)c1OCC(=O)O. The summed E-state index contributed by atoms with van der Waals surface area (Å²) in [5.74, 6) is -1.31. The number of rotatable bonds is 8. The van der Waals surface area contributed by atoms with Gasteiger partial charge in [0, 0.05) is 10.7 Å². The molecule has 2 aromatic carbocycles. The van der Waals surface area contributed by atoms with Crippen LogP contribution in [-0.2, 0) is 16.0 Å². The highest BCUT2D eigenvalue weighted by molar-refractivity contribution is 9.10. The molecule has 6 nitrogen and oxygen atoms in total. The molecular weight excluding hydrogens is 472 g/mol. The number of anilines is 1. The van der Waals surface area contributed by atoms with Crippen LogP contribution in [0.25, 0.3) is 6.08 Å². The van der Waals surface area contributed by atoms with Crippen LogP contribution in [-0.4, -0.2) is 23.6 Å². The molecule has 0 atom stereocenters. The van der Waals surface area contributed by atoms with E-state index in [0.29, 0.717) is 44.0 Å². The molecule has 1 amide bonds. The summed E-state index contributed by atoms with van der Waals surface area (Å²) in [5.41, 5.74) is 2.33. The number of nitrogens with zero attached hydrogens (tertiary/aromatic N) is 1. The first kappa shape index (κ1) is 23.2. The van der Waals surface area contributed by atoms with Gasteiger partial charge in [-0.05, 0) is 76.3 Å². The maximum absolute atomic E-state index is 12.6. The van der Waals surface area contributed by atoms with E-state index < -0.39 is 18.5 Å². The molecule has 2 N–H and O–H groups in total. The summed E-state index contributed by atoms with van der Waals surface area (Å²) in [7, 11) is 0. The molecule has 0 aliphatic carbocycles. The van der Waals surface area contributed by atoms with Crippen molar-refractivity contribution in [2.45, 2.75) is 13.3 Å². The molecule has 0 aliphatic rings. The van der Waals surface area contributed by atoms with Crippen molar-refractivity contribution in [1.82, 2.24) is 0 Å². The molecule has 2 rings (SSSR count). The number of carboxylic acids is 1. The summed E-state index contributed by atoms with van der Waals surface area (Å²) in [6.07, 6.45) is 3.49.